The minimum Gasteiger partial charge on any atom is -0.497 e. The quantitative estimate of drug-likeness (QED) is 0.358. The molecule has 1 heterocycles. The fourth-order valence-electron chi connectivity index (χ4n) is 4.38. The van der Waals surface area contributed by atoms with Crippen LogP contribution in [0.25, 0.3) is 22.2 Å². The van der Waals surface area contributed by atoms with E-state index in [9.17, 15) is 9.59 Å². The highest BCUT2D eigenvalue weighted by Gasteiger charge is 2.18. The standard InChI is InChI=1S/C29H31N3O3/c1-19-8-7-9-20(2)28(19)31-26(33)18-32(3)27(34)17-16-24-23-10-5-6-11-25(23)30-29(24)21-12-14-22(35-4)15-13-21/h5-15,30H,16-18H2,1-4H3,(H,31,33). The number of H-pyrrole nitrogens is 1. The van der Waals surface area contributed by atoms with Gasteiger partial charge in [-0.2, -0.15) is 0 Å². The van der Waals surface area contributed by atoms with E-state index in [1.54, 1.807) is 14.2 Å². The summed E-state index contributed by atoms with van der Waals surface area (Å²) < 4.78 is 5.29. The second-order valence-electron chi connectivity index (χ2n) is 8.82. The number of aromatic nitrogens is 1. The van der Waals surface area contributed by atoms with Crippen LogP contribution in [0.15, 0.2) is 66.7 Å². The Kier molecular flexibility index (Phi) is 7.20. The largest absolute Gasteiger partial charge is 0.497 e. The number of anilines is 1. The zero-order valence-electron chi connectivity index (χ0n) is 20.6. The zero-order chi connectivity index (χ0) is 24.9. The van der Waals surface area contributed by atoms with Gasteiger partial charge in [-0.25, -0.2) is 0 Å². The number of likely N-dealkylation sites (N-methyl/N-ethyl adjacent to an activating group) is 1. The van der Waals surface area contributed by atoms with Crippen molar-refractivity contribution in [2.24, 2.45) is 0 Å². The summed E-state index contributed by atoms with van der Waals surface area (Å²) in [6.07, 6.45) is 0.866. The van der Waals surface area contributed by atoms with Gasteiger partial charge in [-0.15, -0.1) is 0 Å². The smallest absolute Gasteiger partial charge is 0.243 e. The number of benzene rings is 3. The van der Waals surface area contributed by atoms with E-state index in [1.165, 1.54) is 4.90 Å². The van der Waals surface area contributed by atoms with E-state index in [1.807, 2.05) is 74.5 Å². The first-order valence-electron chi connectivity index (χ1n) is 11.7. The highest BCUT2D eigenvalue weighted by atomic mass is 16.5. The lowest BCUT2D eigenvalue weighted by Gasteiger charge is -2.18. The summed E-state index contributed by atoms with van der Waals surface area (Å²) in [5, 5.41) is 4.05. The number of rotatable bonds is 8. The lowest BCUT2D eigenvalue weighted by molar-refractivity contribution is -0.133. The van der Waals surface area contributed by atoms with Crippen molar-refractivity contribution in [2.75, 3.05) is 26.0 Å². The average Bonchev–Trinajstić information content (AvgIpc) is 3.23. The Morgan fingerprint density at radius 3 is 2.31 bits per heavy atom. The highest BCUT2D eigenvalue weighted by Crippen LogP contribution is 2.32. The minimum atomic E-state index is -0.204. The number of aromatic amines is 1. The first-order valence-corrected chi connectivity index (χ1v) is 11.7. The molecule has 180 valence electrons. The lowest BCUT2D eigenvalue weighted by atomic mass is 10.0. The summed E-state index contributed by atoms with van der Waals surface area (Å²) in [5.41, 5.74) is 6.95. The van der Waals surface area contributed by atoms with E-state index in [-0.39, 0.29) is 18.4 Å². The van der Waals surface area contributed by atoms with Crippen LogP contribution in [-0.4, -0.2) is 42.4 Å². The molecule has 6 heteroatoms. The third kappa shape index (κ3) is 5.38. The molecule has 0 radical (unpaired) electrons. The van der Waals surface area contributed by atoms with Gasteiger partial charge < -0.3 is 19.9 Å². The maximum Gasteiger partial charge on any atom is 0.243 e. The van der Waals surface area contributed by atoms with Crippen LogP contribution in [0.3, 0.4) is 0 Å². The number of para-hydroxylation sites is 2. The van der Waals surface area contributed by atoms with Crippen molar-refractivity contribution in [3.05, 3.63) is 83.4 Å². The summed E-state index contributed by atoms with van der Waals surface area (Å²) in [7, 11) is 3.32. The molecule has 0 saturated carbocycles. The molecule has 0 atom stereocenters. The maximum absolute atomic E-state index is 12.9. The molecule has 35 heavy (non-hydrogen) atoms. The van der Waals surface area contributed by atoms with Gasteiger partial charge in [0.05, 0.1) is 13.7 Å². The highest BCUT2D eigenvalue weighted by molar-refractivity contribution is 5.96. The van der Waals surface area contributed by atoms with Crippen LogP contribution in [0.1, 0.15) is 23.1 Å². The van der Waals surface area contributed by atoms with Crippen molar-refractivity contribution in [3.8, 4) is 17.0 Å². The van der Waals surface area contributed by atoms with Gasteiger partial charge in [-0.1, -0.05) is 36.4 Å². The van der Waals surface area contributed by atoms with E-state index < -0.39 is 0 Å². The van der Waals surface area contributed by atoms with Crippen LogP contribution >= 0.6 is 0 Å². The number of ether oxygens (including phenoxy) is 1. The predicted molar refractivity (Wildman–Crippen MR) is 141 cm³/mol. The molecular weight excluding hydrogens is 438 g/mol. The predicted octanol–water partition coefficient (Wildman–Crippen LogP) is 5.49. The van der Waals surface area contributed by atoms with Gasteiger partial charge in [0.25, 0.3) is 0 Å². The molecule has 0 saturated heterocycles. The molecule has 0 fully saturated rings. The van der Waals surface area contributed by atoms with Crippen LogP contribution in [0.5, 0.6) is 5.75 Å². The van der Waals surface area contributed by atoms with Crippen molar-refractivity contribution in [2.45, 2.75) is 26.7 Å². The average molecular weight is 470 g/mol. The molecule has 0 aliphatic rings. The minimum absolute atomic E-state index is 0.00578. The van der Waals surface area contributed by atoms with Crippen molar-refractivity contribution in [1.82, 2.24) is 9.88 Å². The first-order chi connectivity index (χ1) is 16.9. The Morgan fingerprint density at radius 2 is 1.63 bits per heavy atom. The molecule has 1 aromatic heterocycles. The van der Waals surface area contributed by atoms with Crippen molar-refractivity contribution in [3.63, 3.8) is 0 Å². The van der Waals surface area contributed by atoms with Gasteiger partial charge in [0.2, 0.25) is 11.8 Å². The number of carbonyl (C=O) groups is 2. The molecule has 2 amide bonds. The van der Waals surface area contributed by atoms with E-state index in [0.717, 1.165) is 50.3 Å². The number of aryl methyl sites for hydroxylation is 3. The van der Waals surface area contributed by atoms with E-state index in [0.29, 0.717) is 12.8 Å². The summed E-state index contributed by atoms with van der Waals surface area (Å²) in [6.45, 7) is 3.92. The fourth-order valence-corrected chi connectivity index (χ4v) is 4.38. The number of carbonyl (C=O) groups excluding carboxylic acids is 2. The SMILES string of the molecule is COc1ccc(-c2[nH]c3ccccc3c2CCC(=O)N(C)CC(=O)Nc2c(C)cccc2C)cc1. The number of methoxy groups -OCH3 is 1. The van der Waals surface area contributed by atoms with Crippen molar-refractivity contribution in [1.29, 1.82) is 0 Å². The summed E-state index contributed by atoms with van der Waals surface area (Å²) >= 11 is 0. The number of hydrogen-bond acceptors (Lipinski definition) is 3. The maximum atomic E-state index is 12.9. The molecular formula is C29H31N3O3. The molecule has 2 N–H and O–H groups in total. The molecule has 4 aromatic rings. The molecule has 0 spiro atoms. The monoisotopic (exact) mass is 469 g/mol. The second-order valence-corrected chi connectivity index (χ2v) is 8.82. The van der Waals surface area contributed by atoms with Crippen LogP contribution in [0.4, 0.5) is 5.69 Å². The van der Waals surface area contributed by atoms with Gasteiger partial charge in [-0.05, 0) is 72.9 Å². The summed E-state index contributed by atoms with van der Waals surface area (Å²) in [4.78, 5) is 30.6. The molecule has 6 nitrogen and oxygen atoms in total. The van der Waals surface area contributed by atoms with Crippen LogP contribution in [-0.2, 0) is 16.0 Å². The number of fused-ring (bicyclic) bond motifs is 1. The van der Waals surface area contributed by atoms with E-state index in [2.05, 4.69) is 16.4 Å². The summed E-state index contributed by atoms with van der Waals surface area (Å²) in [5.74, 6) is 0.513. The molecule has 0 unspecified atom stereocenters. The number of nitrogens with one attached hydrogen (secondary N) is 2. The number of amides is 2. The van der Waals surface area contributed by atoms with Crippen LogP contribution in [0.2, 0.25) is 0 Å². The normalized spacial score (nSPS) is 10.9. The lowest BCUT2D eigenvalue weighted by Crippen LogP contribution is -2.35. The van der Waals surface area contributed by atoms with Crippen molar-refractivity contribution < 1.29 is 14.3 Å². The molecule has 0 aliphatic carbocycles. The van der Waals surface area contributed by atoms with E-state index in [4.69, 9.17) is 4.74 Å². The van der Waals surface area contributed by atoms with Gasteiger partial charge in [-0.3, -0.25) is 9.59 Å². The van der Waals surface area contributed by atoms with Crippen LogP contribution < -0.4 is 10.1 Å². The number of hydrogen-bond donors (Lipinski definition) is 2. The van der Waals surface area contributed by atoms with E-state index >= 15 is 0 Å². The molecule has 0 aliphatic heterocycles. The van der Waals surface area contributed by atoms with Gasteiger partial charge in [0, 0.05) is 35.8 Å². The Bertz CT molecular complexity index is 1340. The van der Waals surface area contributed by atoms with Gasteiger partial charge in [0.1, 0.15) is 5.75 Å². The fraction of sp³-hybridized carbons (Fsp3) is 0.241. The summed E-state index contributed by atoms with van der Waals surface area (Å²) in [6, 6.07) is 21.9. The molecule has 0 bridgehead atoms. The van der Waals surface area contributed by atoms with Gasteiger partial charge >= 0.3 is 0 Å². The molecule has 3 aromatic carbocycles. The Labute approximate surface area is 205 Å². The molecule has 4 rings (SSSR count). The third-order valence-corrected chi connectivity index (χ3v) is 6.33. The van der Waals surface area contributed by atoms with Crippen molar-refractivity contribution >= 4 is 28.4 Å². The second kappa shape index (κ2) is 10.5. The first kappa shape index (κ1) is 24.1. The third-order valence-electron chi connectivity index (χ3n) is 6.33. The van der Waals surface area contributed by atoms with Crippen LogP contribution in [0, 0.1) is 13.8 Å². The topological polar surface area (TPSA) is 74.4 Å². The van der Waals surface area contributed by atoms with Gasteiger partial charge in [0.15, 0.2) is 0 Å². The Balaban J connectivity index is 1.46. The Morgan fingerprint density at radius 1 is 0.943 bits per heavy atom. The Hall–Kier alpha value is -4.06. The number of nitrogens with zero attached hydrogens (tertiary/aromatic N) is 1. The zero-order valence-corrected chi connectivity index (χ0v) is 20.6.